The van der Waals surface area contributed by atoms with Crippen LogP contribution in [0.2, 0.25) is 0 Å². The van der Waals surface area contributed by atoms with Crippen molar-refractivity contribution in [2.45, 2.75) is 19.5 Å². The minimum absolute atomic E-state index is 0.0199. The molecule has 3 rings (SSSR count). The van der Waals surface area contributed by atoms with E-state index in [1.807, 2.05) is 50.4 Å². The molecule has 1 heterocycles. The molecule has 6 heteroatoms. The van der Waals surface area contributed by atoms with Crippen molar-refractivity contribution in [3.05, 3.63) is 71.8 Å². The molecule has 0 fully saturated rings. The van der Waals surface area contributed by atoms with Gasteiger partial charge >= 0.3 is 0 Å². The van der Waals surface area contributed by atoms with Crippen LogP contribution in [-0.2, 0) is 6.54 Å². The zero-order valence-corrected chi connectivity index (χ0v) is 13.1. The van der Waals surface area contributed by atoms with Crippen molar-refractivity contribution in [3.8, 4) is 5.69 Å². The highest BCUT2D eigenvalue weighted by Gasteiger charge is 2.20. The number of hydrogen-bond acceptors (Lipinski definition) is 4. The lowest BCUT2D eigenvalue weighted by Crippen LogP contribution is -2.24. The minimum Gasteiger partial charge on any atom is -0.292 e. The summed E-state index contributed by atoms with van der Waals surface area (Å²) in [5.74, 6) is 0.521. The van der Waals surface area contributed by atoms with Crippen molar-refractivity contribution >= 4 is 0 Å². The normalized spacial score (nSPS) is 12.5. The van der Waals surface area contributed by atoms with Crippen LogP contribution in [0.4, 0.5) is 4.39 Å². The van der Waals surface area contributed by atoms with E-state index >= 15 is 0 Å². The van der Waals surface area contributed by atoms with Crippen LogP contribution in [0, 0.1) is 5.82 Å². The molecule has 1 aromatic heterocycles. The fourth-order valence-electron chi connectivity index (χ4n) is 2.46. The second kappa shape index (κ2) is 6.66. The molecule has 0 saturated carbocycles. The van der Waals surface area contributed by atoms with Crippen molar-refractivity contribution in [1.29, 1.82) is 0 Å². The van der Waals surface area contributed by atoms with Gasteiger partial charge in [0.2, 0.25) is 0 Å². The Labute approximate surface area is 134 Å². The van der Waals surface area contributed by atoms with Gasteiger partial charge in [-0.25, -0.2) is 4.39 Å². The van der Waals surface area contributed by atoms with Crippen molar-refractivity contribution in [2.24, 2.45) is 0 Å². The summed E-state index contributed by atoms with van der Waals surface area (Å²) in [6.45, 7) is 2.64. The standard InChI is InChI=1S/C17H18FN5/c1-13(22(2)12-14-7-6-8-15(18)11-14)17-19-20-21-23(17)16-9-4-3-5-10-16/h3-11,13H,12H2,1-2H3. The molecule has 118 valence electrons. The van der Waals surface area contributed by atoms with E-state index in [2.05, 4.69) is 20.4 Å². The Kier molecular flexibility index (Phi) is 4.43. The van der Waals surface area contributed by atoms with Crippen molar-refractivity contribution in [2.75, 3.05) is 7.05 Å². The van der Waals surface area contributed by atoms with Crippen molar-refractivity contribution < 1.29 is 4.39 Å². The van der Waals surface area contributed by atoms with Crippen LogP contribution in [0.5, 0.6) is 0 Å². The van der Waals surface area contributed by atoms with E-state index in [0.29, 0.717) is 6.54 Å². The summed E-state index contributed by atoms with van der Waals surface area (Å²) >= 11 is 0. The summed E-state index contributed by atoms with van der Waals surface area (Å²) < 4.78 is 15.1. The molecule has 23 heavy (non-hydrogen) atoms. The second-order valence-corrected chi connectivity index (χ2v) is 5.51. The Hall–Kier alpha value is -2.60. The average Bonchev–Trinajstić information content (AvgIpc) is 3.04. The molecule has 0 saturated heterocycles. The lowest BCUT2D eigenvalue weighted by Gasteiger charge is -2.23. The maximum Gasteiger partial charge on any atom is 0.173 e. The van der Waals surface area contributed by atoms with Gasteiger partial charge in [0, 0.05) is 6.54 Å². The van der Waals surface area contributed by atoms with Crippen LogP contribution in [0.1, 0.15) is 24.4 Å². The van der Waals surface area contributed by atoms with Gasteiger partial charge in [-0.3, -0.25) is 4.90 Å². The van der Waals surface area contributed by atoms with Crippen LogP contribution in [0.3, 0.4) is 0 Å². The van der Waals surface area contributed by atoms with E-state index in [-0.39, 0.29) is 11.9 Å². The van der Waals surface area contributed by atoms with Gasteiger partial charge in [-0.1, -0.05) is 30.3 Å². The SMILES string of the molecule is CC(c1nnnn1-c1ccccc1)N(C)Cc1cccc(F)c1. The van der Waals surface area contributed by atoms with Crippen LogP contribution in [0.15, 0.2) is 54.6 Å². The molecule has 0 amide bonds. The molecule has 5 nitrogen and oxygen atoms in total. The smallest absolute Gasteiger partial charge is 0.173 e. The van der Waals surface area contributed by atoms with Gasteiger partial charge in [0.15, 0.2) is 5.82 Å². The van der Waals surface area contributed by atoms with Crippen LogP contribution in [-0.4, -0.2) is 32.2 Å². The predicted molar refractivity (Wildman–Crippen MR) is 85.4 cm³/mol. The molecule has 0 radical (unpaired) electrons. The highest BCUT2D eigenvalue weighted by molar-refractivity contribution is 5.31. The van der Waals surface area contributed by atoms with Crippen LogP contribution in [0.25, 0.3) is 5.69 Å². The van der Waals surface area contributed by atoms with Gasteiger partial charge in [0.1, 0.15) is 5.82 Å². The Bertz CT molecular complexity index is 771. The third kappa shape index (κ3) is 3.43. The lowest BCUT2D eigenvalue weighted by molar-refractivity contribution is 0.240. The topological polar surface area (TPSA) is 46.8 Å². The molecule has 1 unspecified atom stereocenters. The molecule has 0 aliphatic rings. The van der Waals surface area contributed by atoms with E-state index in [1.165, 1.54) is 6.07 Å². The highest BCUT2D eigenvalue weighted by atomic mass is 19.1. The third-order valence-corrected chi connectivity index (χ3v) is 3.85. The average molecular weight is 311 g/mol. The number of tetrazole rings is 1. The zero-order chi connectivity index (χ0) is 16.2. The Morgan fingerprint density at radius 2 is 1.91 bits per heavy atom. The first-order valence-electron chi connectivity index (χ1n) is 7.43. The molecule has 0 aliphatic heterocycles. The molecular weight excluding hydrogens is 293 g/mol. The van der Waals surface area contributed by atoms with Crippen LogP contribution < -0.4 is 0 Å². The number of aromatic nitrogens is 4. The molecule has 0 aliphatic carbocycles. The quantitative estimate of drug-likeness (QED) is 0.727. The summed E-state index contributed by atoms with van der Waals surface area (Å²) in [6, 6.07) is 16.4. The van der Waals surface area contributed by atoms with Gasteiger partial charge in [-0.2, -0.15) is 4.68 Å². The van der Waals surface area contributed by atoms with Gasteiger partial charge < -0.3 is 0 Å². The molecule has 2 aromatic carbocycles. The number of benzene rings is 2. The molecule has 0 bridgehead atoms. The van der Waals surface area contributed by atoms with E-state index in [4.69, 9.17) is 0 Å². The largest absolute Gasteiger partial charge is 0.292 e. The number of para-hydroxylation sites is 1. The van der Waals surface area contributed by atoms with E-state index in [1.54, 1.807) is 16.8 Å². The monoisotopic (exact) mass is 311 g/mol. The summed E-state index contributed by atoms with van der Waals surface area (Å²) in [4.78, 5) is 2.08. The maximum absolute atomic E-state index is 13.3. The summed E-state index contributed by atoms with van der Waals surface area (Å²) in [6.07, 6.45) is 0. The first-order valence-corrected chi connectivity index (χ1v) is 7.43. The van der Waals surface area contributed by atoms with Gasteiger partial charge in [0.05, 0.1) is 11.7 Å². The summed E-state index contributed by atoms with van der Waals surface area (Å²) in [5, 5.41) is 12.0. The van der Waals surface area contributed by atoms with Crippen molar-refractivity contribution in [3.63, 3.8) is 0 Å². The van der Waals surface area contributed by atoms with Gasteiger partial charge in [0.25, 0.3) is 0 Å². The Balaban J connectivity index is 1.81. The number of rotatable bonds is 5. The first-order chi connectivity index (χ1) is 11.1. The Morgan fingerprint density at radius 3 is 2.65 bits per heavy atom. The fraction of sp³-hybridized carbons (Fsp3) is 0.235. The molecule has 3 aromatic rings. The number of nitrogens with zero attached hydrogens (tertiary/aromatic N) is 5. The molecule has 0 spiro atoms. The van der Waals surface area contributed by atoms with E-state index in [9.17, 15) is 4.39 Å². The lowest BCUT2D eigenvalue weighted by atomic mass is 10.2. The van der Waals surface area contributed by atoms with E-state index < -0.39 is 0 Å². The predicted octanol–water partition coefficient (Wildman–Crippen LogP) is 2.99. The molecule has 0 N–H and O–H groups in total. The fourth-order valence-corrected chi connectivity index (χ4v) is 2.46. The van der Waals surface area contributed by atoms with Gasteiger partial charge in [-0.05, 0) is 54.2 Å². The zero-order valence-electron chi connectivity index (χ0n) is 13.1. The summed E-state index contributed by atoms with van der Waals surface area (Å²) in [7, 11) is 1.97. The first kappa shape index (κ1) is 15.3. The highest BCUT2D eigenvalue weighted by Crippen LogP contribution is 2.20. The minimum atomic E-state index is -0.224. The van der Waals surface area contributed by atoms with Crippen LogP contribution >= 0.6 is 0 Å². The second-order valence-electron chi connectivity index (χ2n) is 5.51. The molecule has 1 atom stereocenters. The maximum atomic E-state index is 13.3. The number of halogens is 1. The third-order valence-electron chi connectivity index (χ3n) is 3.85. The summed E-state index contributed by atoms with van der Waals surface area (Å²) in [5.41, 5.74) is 1.83. The number of hydrogen-bond donors (Lipinski definition) is 0. The van der Waals surface area contributed by atoms with E-state index in [0.717, 1.165) is 17.1 Å². The Morgan fingerprint density at radius 1 is 1.13 bits per heavy atom. The van der Waals surface area contributed by atoms with Gasteiger partial charge in [-0.15, -0.1) is 5.10 Å². The van der Waals surface area contributed by atoms with Crippen molar-refractivity contribution in [1.82, 2.24) is 25.1 Å². The molecular formula is C17H18FN5.